The van der Waals surface area contributed by atoms with E-state index in [9.17, 15) is 9.59 Å². The highest BCUT2D eigenvalue weighted by Crippen LogP contribution is 2.50. The molecule has 4 N–H and O–H groups in total. The molecule has 6 rings (SSSR count). The number of carbonyl (C=O) groups excluding carboxylic acids is 2. The lowest BCUT2D eigenvalue weighted by molar-refractivity contribution is -0.121. The lowest BCUT2D eigenvalue weighted by atomic mass is 9.99. The van der Waals surface area contributed by atoms with Crippen LogP contribution in [0.3, 0.4) is 0 Å². The molecule has 0 bridgehead atoms. The average molecular weight is 489 g/mol. The number of aromatic nitrogens is 2. The minimum absolute atomic E-state index is 0.0285. The Morgan fingerprint density at radius 2 is 2.00 bits per heavy atom. The number of ether oxygens (including phenoxy) is 1. The van der Waals surface area contributed by atoms with E-state index in [1.165, 1.54) is 11.8 Å². The van der Waals surface area contributed by atoms with Crippen LogP contribution in [-0.2, 0) is 4.79 Å². The molecule has 35 heavy (non-hydrogen) atoms. The summed E-state index contributed by atoms with van der Waals surface area (Å²) < 4.78 is 5.77. The lowest BCUT2D eigenvalue weighted by Crippen LogP contribution is -2.52. The molecule has 2 aliphatic heterocycles. The van der Waals surface area contributed by atoms with E-state index in [0.717, 1.165) is 29.9 Å². The molecular formula is C25H24N6O3S. The summed E-state index contributed by atoms with van der Waals surface area (Å²) in [5.41, 5.74) is 8.28. The number of hydrogen-bond donors (Lipinski definition) is 3. The minimum Gasteiger partial charge on any atom is -0.439 e. The van der Waals surface area contributed by atoms with Gasteiger partial charge in [0.05, 0.1) is 23.6 Å². The van der Waals surface area contributed by atoms with Crippen LogP contribution in [-0.4, -0.2) is 39.2 Å². The standard InChI is InChI=1S/C25H24N6O3S/c26-16-7-4-8-17(16)29-23(32)22-21-20-18(11-12-27-24(20)35-22)31(25(33)30-21)14-9-10-19(28-13-14)34-15-5-2-1-3-6-15/h1-3,5-6,9-13,16-17,21-22H,4,7-8,26H2,(H,29,32)(H,30,33)/t16-,17+,21?,22?/m0/s1. The number of carbonyl (C=O) groups is 2. The largest absolute Gasteiger partial charge is 0.439 e. The molecule has 3 aliphatic rings. The SMILES string of the molecule is N[C@H]1CCC[C@H]1NC(=O)C1Sc2nccc3c2C1NC(=O)N3c1ccc(Oc2ccccc2)nc1. The van der Waals surface area contributed by atoms with Gasteiger partial charge in [-0.15, -0.1) is 0 Å². The molecule has 1 fully saturated rings. The van der Waals surface area contributed by atoms with Crippen molar-refractivity contribution in [2.24, 2.45) is 5.73 Å². The Labute approximate surface area is 206 Å². The zero-order chi connectivity index (χ0) is 23.9. The highest BCUT2D eigenvalue weighted by molar-refractivity contribution is 8.01. The van der Waals surface area contributed by atoms with E-state index in [1.54, 1.807) is 35.5 Å². The summed E-state index contributed by atoms with van der Waals surface area (Å²) in [6.07, 6.45) is 6.06. The number of hydrogen-bond acceptors (Lipinski definition) is 7. The Morgan fingerprint density at radius 1 is 1.14 bits per heavy atom. The van der Waals surface area contributed by atoms with Crippen molar-refractivity contribution in [3.63, 3.8) is 0 Å². The molecule has 0 saturated heterocycles. The third kappa shape index (κ3) is 3.98. The van der Waals surface area contributed by atoms with Gasteiger partial charge in [0.15, 0.2) is 0 Å². The topological polar surface area (TPSA) is 122 Å². The summed E-state index contributed by atoms with van der Waals surface area (Å²) in [4.78, 5) is 36.9. The Hall–Kier alpha value is -3.63. The average Bonchev–Trinajstić information content (AvgIpc) is 3.44. The molecule has 3 aromatic rings. The van der Waals surface area contributed by atoms with Gasteiger partial charge < -0.3 is 21.1 Å². The Morgan fingerprint density at radius 3 is 2.74 bits per heavy atom. The van der Waals surface area contributed by atoms with Gasteiger partial charge >= 0.3 is 6.03 Å². The fraction of sp³-hybridized carbons (Fsp3) is 0.280. The molecule has 0 radical (unpaired) electrons. The van der Waals surface area contributed by atoms with Crippen LogP contribution in [0.4, 0.5) is 16.2 Å². The van der Waals surface area contributed by atoms with E-state index in [1.807, 2.05) is 30.3 Å². The number of pyridine rings is 2. The van der Waals surface area contributed by atoms with Crippen molar-refractivity contribution in [3.05, 3.63) is 66.5 Å². The number of para-hydroxylation sites is 1. The van der Waals surface area contributed by atoms with Crippen LogP contribution in [0.25, 0.3) is 0 Å². The van der Waals surface area contributed by atoms with Gasteiger partial charge in [-0.2, -0.15) is 0 Å². The second-order valence-electron chi connectivity index (χ2n) is 8.83. The summed E-state index contributed by atoms with van der Waals surface area (Å²) in [5, 5.41) is 6.35. The quantitative estimate of drug-likeness (QED) is 0.501. The normalized spacial score (nSPS) is 24.6. The van der Waals surface area contributed by atoms with E-state index < -0.39 is 11.3 Å². The first kappa shape index (κ1) is 21.9. The third-order valence-corrected chi connectivity index (χ3v) is 7.89. The highest BCUT2D eigenvalue weighted by Gasteiger charge is 2.47. The van der Waals surface area contributed by atoms with Crippen LogP contribution in [0.15, 0.2) is 66.0 Å². The molecule has 3 amide bonds. The van der Waals surface area contributed by atoms with E-state index in [0.29, 0.717) is 23.0 Å². The number of thioether (sulfide) groups is 1. The molecule has 4 atom stereocenters. The van der Waals surface area contributed by atoms with E-state index in [-0.39, 0.29) is 24.0 Å². The first-order valence-electron chi connectivity index (χ1n) is 11.6. The van der Waals surface area contributed by atoms with Gasteiger partial charge in [-0.25, -0.2) is 14.8 Å². The molecule has 1 saturated carbocycles. The fourth-order valence-electron chi connectivity index (χ4n) is 4.89. The van der Waals surface area contributed by atoms with Crippen LogP contribution < -0.4 is 26.0 Å². The van der Waals surface area contributed by atoms with Gasteiger partial charge in [0.2, 0.25) is 11.8 Å². The summed E-state index contributed by atoms with van der Waals surface area (Å²) in [6.45, 7) is 0. The van der Waals surface area contributed by atoms with Crippen molar-refractivity contribution in [3.8, 4) is 11.6 Å². The van der Waals surface area contributed by atoms with Gasteiger partial charge in [-0.05, 0) is 43.5 Å². The highest BCUT2D eigenvalue weighted by atomic mass is 32.2. The Balaban J connectivity index is 1.25. The number of nitrogens with zero attached hydrogens (tertiary/aromatic N) is 3. The van der Waals surface area contributed by atoms with Gasteiger partial charge in [0.25, 0.3) is 0 Å². The molecule has 9 nitrogen and oxygen atoms in total. The second-order valence-corrected chi connectivity index (χ2v) is 9.96. The van der Waals surface area contributed by atoms with Crippen molar-refractivity contribution in [1.29, 1.82) is 0 Å². The number of nitrogens with one attached hydrogen (secondary N) is 2. The van der Waals surface area contributed by atoms with Crippen LogP contribution in [0.5, 0.6) is 11.6 Å². The number of benzene rings is 1. The first-order valence-corrected chi connectivity index (χ1v) is 12.5. The first-order chi connectivity index (χ1) is 17.1. The van der Waals surface area contributed by atoms with E-state index >= 15 is 0 Å². The Bertz CT molecular complexity index is 1270. The smallest absolute Gasteiger partial charge is 0.327 e. The number of rotatable bonds is 5. The maximum Gasteiger partial charge on any atom is 0.327 e. The molecule has 4 heterocycles. The third-order valence-electron chi connectivity index (χ3n) is 6.61. The van der Waals surface area contributed by atoms with Crippen LogP contribution in [0.1, 0.15) is 30.9 Å². The summed E-state index contributed by atoms with van der Waals surface area (Å²) in [7, 11) is 0. The summed E-state index contributed by atoms with van der Waals surface area (Å²) in [6, 6.07) is 13.8. The molecule has 1 aliphatic carbocycles. The molecule has 0 spiro atoms. The van der Waals surface area contributed by atoms with Crippen LogP contribution in [0, 0.1) is 0 Å². The fourth-order valence-corrected chi connectivity index (χ4v) is 6.12. The predicted molar refractivity (Wildman–Crippen MR) is 132 cm³/mol. The summed E-state index contributed by atoms with van der Waals surface area (Å²) in [5.74, 6) is 0.981. The molecule has 1 aromatic carbocycles. The van der Waals surface area contributed by atoms with Crippen molar-refractivity contribution in [2.45, 2.75) is 47.7 Å². The van der Waals surface area contributed by atoms with Crippen molar-refractivity contribution in [1.82, 2.24) is 20.6 Å². The monoisotopic (exact) mass is 488 g/mol. The molecule has 2 unspecified atom stereocenters. The van der Waals surface area contributed by atoms with Gasteiger partial charge in [0.1, 0.15) is 16.0 Å². The maximum atomic E-state index is 13.3. The second kappa shape index (κ2) is 8.86. The minimum atomic E-state index is -0.502. The van der Waals surface area contributed by atoms with Gasteiger partial charge in [-0.3, -0.25) is 9.69 Å². The number of anilines is 2. The van der Waals surface area contributed by atoms with Crippen molar-refractivity contribution < 1.29 is 14.3 Å². The van der Waals surface area contributed by atoms with Crippen molar-refractivity contribution in [2.75, 3.05) is 4.90 Å². The van der Waals surface area contributed by atoms with E-state index in [4.69, 9.17) is 10.5 Å². The zero-order valence-corrected chi connectivity index (χ0v) is 19.6. The Kier molecular flexibility index (Phi) is 5.54. The predicted octanol–water partition coefficient (Wildman–Crippen LogP) is 3.64. The van der Waals surface area contributed by atoms with E-state index in [2.05, 4.69) is 20.6 Å². The van der Waals surface area contributed by atoms with Crippen LogP contribution in [0.2, 0.25) is 0 Å². The number of urea groups is 1. The van der Waals surface area contributed by atoms with Gasteiger partial charge in [-0.1, -0.05) is 30.0 Å². The van der Waals surface area contributed by atoms with Crippen molar-refractivity contribution >= 4 is 35.1 Å². The number of nitrogens with two attached hydrogens (primary N) is 1. The number of amides is 3. The molecule has 178 valence electrons. The zero-order valence-electron chi connectivity index (χ0n) is 18.8. The molecule has 10 heteroatoms. The van der Waals surface area contributed by atoms with Gasteiger partial charge in [0, 0.05) is 29.9 Å². The maximum absolute atomic E-state index is 13.3. The lowest BCUT2D eigenvalue weighted by Gasteiger charge is -2.34. The molecular weight excluding hydrogens is 464 g/mol. The summed E-state index contributed by atoms with van der Waals surface area (Å²) >= 11 is 1.38. The van der Waals surface area contributed by atoms with Crippen LogP contribution >= 0.6 is 11.8 Å². The molecule has 2 aromatic heterocycles.